The number of nitrogens with one attached hydrogen (secondary N) is 1. The van der Waals surface area contributed by atoms with Gasteiger partial charge in [0, 0.05) is 22.6 Å². The Kier molecular flexibility index (Phi) is 9.13. The van der Waals surface area contributed by atoms with Crippen LogP contribution in [0.1, 0.15) is 33.3 Å². The second-order valence-corrected chi connectivity index (χ2v) is 11.9. The standard InChI is InChI=1S/C24H32BrN3O5S/c1-17(23(30)26-24(2,3)4)27(15-18-10-12-19(25)13-11-18)22(29)16-28(34(6,31)32)20-8-7-9-21(14-20)33-5/h7-14,17H,15-16H2,1-6H3,(H,26,30)/t17-/m1/s1. The van der Waals surface area contributed by atoms with Crippen molar-refractivity contribution in [1.82, 2.24) is 10.2 Å². The number of methoxy groups -OCH3 is 1. The van der Waals surface area contributed by atoms with Crippen molar-refractivity contribution in [3.63, 3.8) is 0 Å². The second-order valence-electron chi connectivity index (χ2n) is 9.03. The summed E-state index contributed by atoms with van der Waals surface area (Å²) in [6, 6.07) is 13.0. The van der Waals surface area contributed by atoms with Gasteiger partial charge in [0.05, 0.1) is 19.1 Å². The fraction of sp³-hybridized carbons (Fsp3) is 0.417. The Labute approximate surface area is 210 Å². The average Bonchev–Trinajstić information content (AvgIpc) is 2.74. The quantitative estimate of drug-likeness (QED) is 0.512. The molecule has 0 radical (unpaired) electrons. The number of hydrogen-bond donors (Lipinski definition) is 1. The molecule has 2 rings (SSSR count). The van der Waals surface area contributed by atoms with E-state index in [1.54, 1.807) is 31.2 Å². The molecule has 0 bridgehead atoms. The van der Waals surface area contributed by atoms with Gasteiger partial charge in [-0.15, -0.1) is 0 Å². The van der Waals surface area contributed by atoms with Gasteiger partial charge in [0.1, 0.15) is 18.3 Å². The molecule has 0 heterocycles. The van der Waals surface area contributed by atoms with E-state index >= 15 is 0 Å². The number of benzene rings is 2. The maximum absolute atomic E-state index is 13.5. The fourth-order valence-electron chi connectivity index (χ4n) is 3.22. The summed E-state index contributed by atoms with van der Waals surface area (Å²) in [5, 5.41) is 2.89. The van der Waals surface area contributed by atoms with E-state index in [2.05, 4.69) is 21.2 Å². The molecular weight excluding hydrogens is 522 g/mol. The minimum Gasteiger partial charge on any atom is -0.497 e. The Hall–Kier alpha value is -2.59. The molecule has 1 N–H and O–H groups in total. The molecule has 2 amide bonds. The van der Waals surface area contributed by atoms with Gasteiger partial charge in [0.15, 0.2) is 0 Å². The fourth-order valence-corrected chi connectivity index (χ4v) is 4.33. The summed E-state index contributed by atoms with van der Waals surface area (Å²) in [6.45, 7) is 6.87. The normalized spacial score (nSPS) is 12.6. The number of sulfonamides is 1. The molecular formula is C24H32BrN3O5S. The van der Waals surface area contributed by atoms with E-state index in [9.17, 15) is 18.0 Å². The number of ether oxygens (including phenoxy) is 1. The van der Waals surface area contributed by atoms with Gasteiger partial charge in [-0.3, -0.25) is 13.9 Å². The topological polar surface area (TPSA) is 96.0 Å². The van der Waals surface area contributed by atoms with Gasteiger partial charge in [-0.2, -0.15) is 0 Å². The van der Waals surface area contributed by atoms with Crippen LogP contribution in [0.5, 0.6) is 5.75 Å². The van der Waals surface area contributed by atoms with Crippen molar-refractivity contribution >= 4 is 43.5 Å². The van der Waals surface area contributed by atoms with Crippen LogP contribution in [0.2, 0.25) is 0 Å². The lowest BCUT2D eigenvalue weighted by Gasteiger charge is -2.33. The highest BCUT2D eigenvalue weighted by molar-refractivity contribution is 9.10. The molecule has 0 saturated carbocycles. The Morgan fingerprint density at radius 3 is 2.26 bits per heavy atom. The van der Waals surface area contributed by atoms with E-state index in [1.165, 1.54) is 12.0 Å². The predicted molar refractivity (Wildman–Crippen MR) is 137 cm³/mol. The van der Waals surface area contributed by atoms with Crippen molar-refractivity contribution in [2.24, 2.45) is 0 Å². The SMILES string of the molecule is COc1cccc(N(CC(=O)N(Cc2ccc(Br)cc2)[C@H](C)C(=O)NC(C)(C)C)S(C)(=O)=O)c1. The Morgan fingerprint density at radius 1 is 1.12 bits per heavy atom. The molecule has 0 unspecified atom stereocenters. The summed E-state index contributed by atoms with van der Waals surface area (Å²) in [4.78, 5) is 27.8. The molecule has 34 heavy (non-hydrogen) atoms. The molecule has 2 aromatic rings. The van der Waals surface area contributed by atoms with E-state index < -0.39 is 34.1 Å². The number of rotatable bonds is 9. The lowest BCUT2D eigenvalue weighted by molar-refractivity contribution is -0.140. The largest absolute Gasteiger partial charge is 0.497 e. The first-order chi connectivity index (χ1) is 15.7. The van der Waals surface area contributed by atoms with Gasteiger partial charge in [-0.25, -0.2) is 8.42 Å². The van der Waals surface area contributed by atoms with Crippen LogP contribution < -0.4 is 14.4 Å². The smallest absolute Gasteiger partial charge is 0.244 e. The first-order valence-electron chi connectivity index (χ1n) is 10.7. The minimum atomic E-state index is -3.80. The molecule has 2 aromatic carbocycles. The molecule has 1 atom stereocenters. The van der Waals surface area contributed by atoms with Gasteiger partial charge in [-0.05, 0) is 57.5 Å². The van der Waals surface area contributed by atoms with E-state index in [4.69, 9.17) is 4.74 Å². The van der Waals surface area contributed by atoms with Gasteiger partial charge < -0.3 is 15.0 Å². The van der Waals surface area contributed by atoms with Crippen LogP contribution in [0.25, 0.3) is 0 Å². The van der Waals surface area contributed by atoms with Crippen LogP contribution >= 0.6 is 15.9 Å². The minimum absolute atomic E-state index is 0.139. The van der Waals surface area contributed by atoms with Crippen LogP contribution in [-0.2, 0) is 26.2 Å². The van der Waals surface area contributed by atoms with Crippen molar-refractivity contribution in [3.05, 3.63) is 58.6 Å². The number of amides is 2. The molecule has 0 saturated heterocycles. The van der Waals surface area contributed by atoms with E-state index in [1.807, 2.05) is 45.0 Å². The highest BCUT2D eigenvalue weighted by Gasteiger charge is 2.31. The molecule has 0 aromatic heterocycles. The van der Waals surface area contributed by atoms with E-state index in [0.717, 1.165) is 20.6 Å². The summed E-state index contributed by atoms with van der Waals surface area (Å²) in [5.41, 5.74) is 0.613. The molecule has 0 aliphatic heterocycles. The van der Waals surface area contributed by atoms with Crippen molar-refractivity contribution in [2.75, 3.05) is 24.2 Å². The maximum atomic E-state index is 13.5. The maximum Gasteiger partial charge on any atom is 0.244 e. The molecule has 0 spiro atoms. The van der Waals surface area contributed by atoms with Gasteiger partial charge >= 0.3 is 0 Å². The van der Waals surface area contributed by atoms with Crippen LogP contribution in [0.15, 0.2) is 53.0 Å². The first kappa shape index (κ1) is 27.7. The number of carbonyl (C=O) groups is 2. The van der Waals surface area contributed by atoms with Crippen LogP contribution in [-0.4, -0.2) is 56.6 Å². The summed E-state index contributed by atoms with van der Waals surface area (Å²) in [6.07, 6.45) is 1.04. The lowest BCUT2D eigenvalue weighted by atomic mass is 10.1. The zero-order chi connectivity index (χ0) is 25.7. The average molecular weight is 555 g/mol. The Morgan fingerprint density at radius 2 is 1.74 bits per heavy atom. The third kappa shape index (κ3) is 8.02. The molecule has 0 aliphatic carbocycles. The lowest BCUT2D eigenvalue weighted by Crippen LogP contribution is -2.54. The van der Waals surface area contributed by atoms with Crippen molar-refractivity contribution < 1.29 is 22.7 Å². The highest BCUT2D eigenvalue weighted by atomic mass is 79.9. The Balaban J connectivity index is 2.41. The Bertz CT molecular complexity index is 1110. The van der Waals surface area contributed by atoms with Gasteiger partial charge in [0.2, 0.25) is 21.8 Å². The first-order valence-corrected chi connectivity index (χ1v) is 13.3. The summed E-state index contributed by atoms with van der Waals surface area (Å²) >= 11 is 3.39. The third-order valence-electron chi connectivity index (χ3n) is 4.95. The summed E-state index contributed by atoms with van der Waals surface area (Å²) in [5.74, 6) is -0.374. The van der Waals surface area contributed by atoms with Crippen LogP contribution in [0, 0.1) is 0 Å². The van der Waals surface area contributed by atoms with Crippen molar-refractivity contribution in [1.29, 1.82) is 0 Å². The zero-order valence-corrected chi connectivity index (χ0v) is 22.7. The van der Waals surface area contributed by atoms with Gasteiger partial charge in [0.25, 0.3) is 0 Å². The number of anilines is 1. The third-order valence-corrected chi connectivity index (χ3v) is 6.62. The van der Waals surface area contributed by atoms with E-state index in [-0.39, 0.29) is 12.5 Å². The van der Waals surface area contributed by atoms with Gasteiger partial charge in [-0.1, -0.05) is 34.1 Å². The molecule has 186 valence electrons. The zero-order valence-electron chi connectivity index (χ0n) is 20.3. The van der Waals surface area contributed by atoms with E-state index in [0.29, 0.717) is 11.4 Å². The summed E-state index contributed by atoms with van der Waals surface area (Å²) in [7, 11) is -2.32. The number of carbonyl (C=O) groups excluding carboxylic acids is 2. The second kappa shape index (κ2) is 11.2. The molecule has 8 nitrogen and oxygen atoms in total. The van der Waals surface area contributed by atoms with Crippen molar-refractivity contribution in [2.45, 2.75) is 45.8 Å². The molecule has 10 heteroatoms. The van der Waals surface area contributed by atoms with Crippen molar-refractivity contribution in [3.8, 4) is 5.75 Å². The monoisotopic (exact) mass is 553 g/mol. The predicted octanol–water partition coefficient (Wildman–Crippen LogP) is 3.56. The number of nitrogens with zero attached hydrogens (tertiary/aromatic N) is 2. The van der Waals surface area contributed by atoms with Crippen LogP contribution in [0.3, 0.4) is 0 Å². The summed E-state index contributed by atoms with van der Waals surface area (Å²) < 4.78 is 32.3. The highest BCUT2D eigenvalue weighted by Crippen LogP contribution is 2.24. The number of halogens is 1. The van der Waals surface area contributed by atoms with Crippen LogP contribution in [0.4, 0.5) is 5.69 Å². The molecule has 0 aliphatic rings. The molecule has 0 fully saturated rings. The number of hydrogen-bond acceptors (Lipinski definition) is 5.